The van der Waals surface area contributed by atoms with Gasteiger partial charge in [0.2, 0.25) is 0 Å². The highest BCUT2D eigenvalue weighted by molar-refractivity contribution is 5.29. The van der Waals surface area contributed by atoms with E-state index in [-0.39, 0.29) is 11.5 Å². The summed E-state index contributed by atoms with van der Waals surface area (Å²) in [5.41, 5.74) is 2.82. The summed E-state index contributed by atoms with van der Waals surface area (Å²) in [6.07, 6.45) is 16.6. The van der Waals surface area contributed by atoms with Crippen LogP contribution in [0.15, 0.2) is 52.2 Å². The van der Waals surface area contributed by atoms with E-state index in [0.717, 1.165) is 49.1 Å². The smallest absolute Gasteiger partial charge is 0.311 e. The first kappa shape index (κ1) is 18.7. The lowest BCUT2D eigenvalue weighted by atomic mass is 9.72. The van der Waals surface area contributed by atoms with Crippen molar-refractivity contribution >= 4 is 0 Å². The lowest BCUT2D eigenvalue weighted by Crippen LogP contribution is -2.31. The molecule has 1 atom stereocenters. The molecule has 0 aliphatic heterocycles. The average Bonchev–Trinajstić information content (AvgIpc) is 2.71. The van der Waals surface area contributed by atoms with E-state index in [4.69, 9.17) is 0 Å². The van der Waals surface area contributed by atoms with Crippen LogP contribution in [0, 0.1) is 18.8 Å². The molecule has 1 fully saturated rings. The number of aryl methyl sites for hydroxylation is 1. The molecule has 4 rings (SSSR count). The maximum Gasteiger partial charge on any atom is 0.325 e. The molecule has 0 radical (unpaired) electrons. The molecular weight excluding hydrogens is 350 g/mol. The third-order valence-electron chi connectivity index (χ3n) is 6.22. The number of hydrogen-bond donors (Lipinski definition) is 2. The monoisotopic (exact) mass is 377 g/mol. The molecule has 2 heterocycles. The van der Waals surface area contributed by atoms with Crippen molar-refractivity contribution in [2.75, 3.05) is 0 Å². The van der Waals surface area contributed by atoms with Gasteiger partial charge in [0, 0.05) is 29.6 Å². The number of nitrogens with zero attached hydrogens (tertiary/aromatic N) is 1. The Kier molecular flexibility index (Phi) is 5.42. The van der Waals surface area contributed by atoms with Gasteiger partial charge in [-0.2, -0.15) is 0 Å². The number of aromatic amines is 2. The van der Waals surface area contributed by atoms with Gasteiger partial charge in [-0.05, 0) is 74.5 Å². The largest absolute Gasteiger partial charge is 0.325 e. The summed E-state index contributed by atoms with van der Waals surface area (Å²) in [5.74, 6) is 1.56. The molecule has 2 aromatic heterocycles. The molecule has 5 nitrogen and oxygen atoms in total. The van der Waals surface area contributed by atoms with Crippen LogP contribution in [0.5, 0.6) is 0 Å². The van der Waals surface area contributed by atoms with Crippen molar-refractivity contribution in [3.8, 4) is 0 Å². The fourth-order valence-electron chi connectivity index (χ4n) is 4.76. The van der Waals surface area contributed by atoms with Crippen molar-refractivity contribution in [1.29, 1.82) is 0 Å². The van der Waals surface area contributed by atoms with Gasteiger partial charge in [-0.25, -0.2) is 4.79 Å². The predicted molar refractivity (Wildman–Crippen MR) is 111 cm³/mol. The molecule has 146 valence electrons. The minimum Gasteiger partial charge on any atom is -0.311 e. The summed E-state index contributed by atoms with van der Waals surface area (Å²) < 4.78 is 0. The van der Waals surface area contributed by atoms with E-state index in [1.54, 1.807) is 6.20 Å². The molecule has 0 amide bonds. The van der Waals surface area contributed by atoms with Crippen molar-refractivity contribution in [2.24, 2.45) is 11.8 Å². The van der Waals surface area contributed by atoms with Gasteiger partial charge < -0.3 is 4.98 Å². The van der Waals surface area contributed by atoms with Crippen LogP contribution in [-0.2, 0) is 6.42 Å². The zero-order valence-corrected chi connectivity index (χ0v) is 16.3. The summed E-state index contributed by atoms with van der Waals surface area (Å²) in [6, 6.07) is 3.93. The van der Waals surface area contributed by atoms with Crippen LogP contribution in [0.25, 0.3) is 0 Å². The lowest BCUT2D eigenvalue weighted by molar-refractivity contribution is 0.262. The number of aromatic nitrogens is 3. The molecule has 2 aromatic rings. The van der Waals surface area contributed by atoms with Gasteiger partial charge in [0.25, 0.3) is 5.56 Å². The number of nitrogens with one attached hydrogen (secondary N) is 2. The highest BCUT2D eigenvalue weighted by Crippen LogP contribution is 2.40. The SMILES string of the molecule is Cc1cc(Cc2c(C3CCC(C4C=CC=CC4)CC3)[nH]c(=O)[nH]c2=O)ccn1. The van der Waals surface area contributed by atoms with E-state index in [9.17, 15) is 9.59 Å². The number of H-pyrrole nitrogens is 2. The van der Waals surface area contributed by atoms with Gasteiger partial charge in [-0.1, -0.05) is 24.3 Å². The normalized spacial score (nSPS) is 24.4. The summed E-state index contributed by atoms with van der Waals surface area (Å²) in [4.78, 5) is 34.2. The molecule has 1 unspecified atom stereocenters. The standard InChI is InChI=1S/C23H27N3O2/c1-15-13-16(11-12-24-15)14-20-21(25-23(28)26-22(20)27)19-9-7-18(8-10-19)17-5-3-2-4-6-17/h2-5,11-13,17-19H,6-10,14H2,1H3,(H2,25,26,27,28). The molecule has 0 spiro atoms. The Morgan fingerprint density at radius 1 is 1.11 bits per heavy atom. The van der Waals surface area contributed by atoms with Crippen LogP contribution in [0.2, 0.25) is 0 Å². The molecule has 0 aromatic carbocycles. The van der Waals surface area contributed by atoms with Crippen LogP contribution in [0.4, 0.5) is 0 Å². The number of pyridine rings is 1. The highest BCUT2D eigenvalue weighted by atomic mass is 16.2. The van der Waals surface area contributed by atoms with Crippen LogP contribution in [0.1, 0.15) is 60.5 Å². The molecular formula is C23H27N3O2. The second kappa shape index (κ2) is 8.13. The third kappa shape index (κ3) is 4.08. The molecule has 28 heavy (non-hydrogen) atoms. The average molecular weight is 377 g/mol. The first-order valence-corrected chi connectivity index (χ1v) is 10.2. The van der Waals surface area contributed by atoms with Crippen molar-refractivity contribution in [3.63, 3.8) is 0 Å². The van der Waals surface area contributed by atoms with E-state index in [0.29, 0.717) is 23.8 Å². The van der Waals surface area contributed by atoms with Gasteiger partial charge in [0.05, 0.1) is 0 Å². The first-order valence-electron chi connectivity index (χ1n) is 10.2. The van der Waals surface area contributed by atoms with E-state index in [1.807, 2.05) is 19.1 Å². The maximum atomic E-state index is 12.6. The minimum atomic E-state index is -0.405. The van der Waals surface area contributed by atoms with Crippen LogP contribution in [0.3, 0.4) is 0 Å². The van der Waals surface area contributed by atoms with Gasteiger partial charge in [0.1, 0.15) is 0 Å². The topological polar surface area (TPSA) is 78.6 Å². The summed E-state index contributed by atoms with van der Waals surface area (Å²) in [5, 5.41) is 0. The van der Waals surface area contributed by atoms with E-state index in [2.05, 4.69) is 39.3 Å². The fraction of sp³-hybridized carbons (Fsp3) is 0.435. The molecule has 2 N–H and O–H groups in total. The van der Waals surface area contributed by atoms with Gasteiger partial charge >= 0.3 is 5.69 Å². The highest BCUT2D eigenvalue weighted by Gasteiger charge is 2.29. The van der Waals surface area contributed by atoms with E-state index in [1.165, 1.54) is 0 Å². The molecule has 5 heteroatoms. The van der Waals surface area contributed by atoms with Crippen LogP contribution in [-0.4, -0.2) is 15.0 Å². The molecule has 0 bridgehead atoms. The molecule has 0 saturated heterocycles. The van der Waals surface area contributed by atoms with Gasteiger partial charge in [-0.15, -0.1) is 0 Å². The Morgan fingerprint density at radius 3 is 2.64 bits per heavy atom. The zero-order valence-electron chi connectivity index (χ0n) is 16.3. The van der Waals surface area contributed by atoms with Crippen molar-refractivity contribution in [3.05, 3.63) is 86.0 Å². The number of rotatable bonds is 4. The Balaban J connectivity index is 1.56. The van der Waals surface area contributed by atoms with Gasteiger partial charge in [-0.3, -0.25) is 14.8 Å². The first-order chi connectivity index (χ1) is 13.6. The summed E-state index contributed by atoms with van der Waals surface area (Å²) >= 11 is 0. The zero-order chi connectivity index (χ0) is 19.5. The van der Waals surface area contributed by atoms with E-state index < -0.39 is 5.69 Å². The van der Waals surface area contributed by atoms with Gasteiger partial charge in [0.15, 0.2) is 0 Å². The van der Waals surface area contributed by atoms with Crippen molar-refractivity contribution < 1.29 is 0 Å². The summed E-state index contributed by atoms with van der Waals surface area (Å²) in [7, 11) is 0. The fourth-order valence-corrected chi connectivity index (χ4v) is 4.76. The Hall–Kier alpha value is -2.69. The maximum absolute atomic E-state index is 12.6. The Labute approximate surface area is 164 Å². The molecule has 2 aliphatic rings. The predicted octanol–water partition coefficient (Wildman–Crippen LogP) is 3.76. The van der Waals surface area contributed by atoms with Crippen molar-refractivity contribution in [1.82, 2.24) is 15.0 Å². The minimum absolute atomic E-state index is 0.243. The quantitative estimate of drug-likeness (QED) is 0.851. The third-order valence-corrected chi connectivity index (χ3v) is 6.22. The Bertz CT molecular complexity index is 1010. The Morgan fingerprint density at radius 2 is 1.93 bits per heavy atom. The number of allylic oxidation sites excluding steroid dienone is 4. The molecule has 1 saturated carbocycles. The van der Waals surface area contributed by atoms with Crippen LogP contribution < -0.4 is 11.2 Å². The number of hydrogen-bond acceptors (Lipinski definition) is 3. The van der Waals surface area contributed by atoms with Crippen LogP contribution >= 0.6 is 0 Å². The molecule has 2 aliphatic carbocycles. The van der Waals surface area contributed by atoms with E-state index >= 15 is 0 Å². The second-order valence-corrected chi connectivity index (χ2v) is 8.11. The second-order valence-electron chi connectivity index (χ2n) is 8.11. The van der Waals surface area contributed by atoms with Crippen molar-refractivity contribution in [2.45, 2.75) is 51.4 Å². The lowest BCUT2D eigenvalue weighted by Gasteiger charge is -2.33. The summed E-state index contributed by atoms with van der Waals surface area (Å²) in [6.45, 7) is 1.94.